The summed E-state index contributed by atoms with van der Waals surface area (Å²) in [6.07, 6.45) is 0. The van der Waals surface area contributed by atoms with Crippen LogP contribution in [0.5, 0.6) is 0 Å². The van der Waals surface area contributed by atoms with E-state index in [0.29, 0.717) is 0 Å². The van der Waals surface area contributed by atoms with Crippen LogP contribution in [0.2, 0.25) is 0 Å². The predicted molar refractivity (Wildman–Crippen MR) is 178 cm³/mol. The third kappa shape index (κ3) is 2.74. The molecule has 0 fully saturated rings. The number of aromatic nitrogens is 1. The van der Waals surface area contributed by atoms with Crippen LogP contribution in [0.15, 0.2) is 144 Å². The average Bonchev–Trinajstić information content (AvgIpc) is 3.59. The zero-order valence-electron chi connectivity index (χ0n) is 22.6. The van der Waals surface area contributed by atoms with E-state index in [-0.39, 0.29) is 0 Å². The van der Waals surface area contributed by atoms with E-state index in [1.165, 1.54) is 64.8 Å². The third-order valence-electron chi connectivity index (χ3n) is 9.12. The van der Waals surface area contributed by atoms with Crippen LogP contribution in [0.1, 0.15) is 0 Å². The first kappa shape index (κ1) is 22.1. The Labute approximate surface area is 240 Å². The van der Waals surface area contributed by atoms with E-state index in [1.54, 1.807) is 0 Å². The van der Waals surface area contributed by atoms with Crippen molar-refractivity contribution in [3.05, 3.63) is 140 Å². The number of nitrogens with zero attached hydrogens (tertiary/aromatic N) is 1. The predicted octanol–water partition coefficient (Wildman–Crippen LogP) is 11.3. The van der Waals surface area contributed by atoms with Crippen molar-refractivity contribution in [3.63, 3.8) is 0 Å². The van der Waals surface area contributed by atoms with Crippen molar-refractivity contribution in [2.75, 3.05) is 0 Å². The van der Waals surface area contributed by atoms with Gasteiger partial charge in [0.2, 0.25) is 0 Å². The lowest BCUT2D eigenvalue weighted by atomic mass is 9.89. The van der Waals surface area contributed by atoms with E-state index < -0.39 is 0 Å². The Hall–Kier alpha value is -5.60. The summed E-state index contributed by atoms with van der Waals surface area (Å²) >= 11 is 0. The van der Waals surface area contributed by atoms with Gasteiger partial charge in [-0.2, -0.15) is 0 Å². The van der Waals surface area contributed by atoms with Gasteiger partial charge < -0.3 is 8.98 Å². The minimum absolute atomic E-state index is 0.910. The molecule has 0 spiro atoms. The highest BCUT2D eigenvalue weighted by molar-refractivity contribution is 6.41. The molecule has 0 aliphatic heterocycles. The molecule has 0 unspecified atom stereocenters. The van der Waals surface area contributed by atoms with Crippen LogP contribution in [0.3, 0.4) is 0 Å². The fourth-order valence-corrected chi connectivity index (χ4v) is 7.43. The second-order valence-electron chi connectivity index (χ2n) is 11.2. The van der Waals surface area contributed by atoms with Gasteiger partial charge in [0.1, 0.15) is 11.2 Å². The third-order valence-corrected chi connectivity index (χ3v) is 9.12. The van der Waals surface area contributed by atoms with E-state index in [0.717, 1.165) is 27.8 Å². The number of hydrogen-bond donors (Lipinski definition) is 0. The zero-order chi connectivity index (χ0) is 27.4. The van der Waals surface area contributed by atoms with Crippen LogP contribution in [-0.4, -0.2) is 4.57 Å². The summed E-state index contributed by atoms with van der Waals surface area (Å²) in [4.78, 5) is 0. The van der Waals surface area contributed by atoms with Crippen molar-refractivity contribution in [3.8, 4) is 5.69 Å². The number of para-hydroxylation sites is 2. The molecular formula is C40H23NO. The minimum atomic E-state index is 0.910. The lowest BCUT2D eigenvalue weighted by Gasteiger charge is -2.13. The molecule has 0 saturated heterocycles. The quantitative estimate of drug-likeness (QED) is 0.192. The monoisotopic (exact) mass is 533 g/mol. The Morgan fingerprint density at radius 2 is 0.881 bits per heavy atom. The van der Waals surface area contributed by atoms with Crippen molar-refractivity contribution in [1.82, 2.24) is 4.57 Å². The molecule has 0 bridgehead atoms. The summed E-state index contributed by atoms with van der Waals surface area (Å²) in [6.45, 7) is 0. The summed E-state index contributed by atoms with van der Waals surface area (Å²) in [5, 5.41) is 14.8. The highest BCUT2D eigenvalue weighted by atomic mass is 16.3. The Balaban J connectivity index is 1.49. The largest absolute Gasteiger partial charge is 0.455 e. The molecule has 0 radical (unpaired) electrons. The second kappa shape index (κ2) is 7.99. The summed E-state index contributed by atoms with van der Waals surface area (Å²) < 4.78 is 9.37. The van der Waals surface area contributed by atoms with Crippen molar-refractivity contribution in [2.24, 2.45) is 0 Å². The normalized spacial score (nSPS) is 12.3. The molecule has 0 amide bonds. The van der Waals surface area contributed by atoms with Gasteiger partial charge in [0.15, 0.2) is 0 Å². The van der Waals surface area contributed by atoms with E-state index in [4.69, 9.17) is 4.42 Å². The number of hydrogen-bond acceptors (Lipinski definition) is 1. The molecule has 194 valence electrons. The van der Waals surface area contributed by atoms with Crippen LogP contribution in [0, 0.1) is 0 Å². The van der Waals surface area contributed by atoms with Crippen LogP contribution < -0.4 is 0 Å². The van der Waals surface area contributed by atoms with Crippen LogP contribution in [0.4, 0.5) is 0 Å². The van der Waals surface area contributed by atoms with Crippen LogP contribution in [0.25, 0.3) is 92.5 Å². The van der Waals surface area contributed by atoms with Crippen molar-refractivity contribution in [1.29, 1.82) is 0 Å². The van der Waals surface area contributed by atoms with Crippen molar-refractivity contribution in [2.45, 2.75) is 0 Å². The molecule has 10 aromatic rings. The molecule has 2 heterocycles. The maximum atomic E-state index is 7.01. The van der Waals surface area contributed by atoms with Gasteiger partial charge in [-0.05, 0) is 56.6 Å². The van der Waals surface area contributed by atoms with E-state index in [2.05, 4.69) is 144 Å². The molecule has 0 aliphatic carbocycles. The molecule has 0 saturated carbocycles. The molecule has 0 atom stereocenters. The topological polar surface area (TPSA) is 18.1 Å². The summed E-state index contributed by atoms with van der Waals surface area (Å²) in [7, 11) is 0. The van der Waals surface area contributed by atoms with Crippen molar-refractivity contribution < 1.29 is 4.42 Å². The fraction of sp³-hybridized carbons (Fsp3) is 0. The van der Waals surface area contributed by atoms with Gasteiger partial charge in [-0.3, -0.25) is 0 Å². The van der Waals surface area contributed by atoms with E-state index in [9.17, 15) is 0 Å². The molecule has 0 aliphatic rings. The SMILES string of the molecule is c1ccc(-n2c3ccccc3c3cc4c(cc32)oc2c4c3ccccc3c3c4ccccc4c4ccccc4c23)cc1. The van der Waals surface area contributed by atoms with Gasteiger partial charge in [0, 0.05) is 44.1 Å². The maximum absolute atomic E-state index is 7.01. The Bertz CT molecular complexity index is 2730. The highest BCUT2D eigenvalue weighted by Gasteiger charge is 2.22. The lowest BCUT2D eigenvalue weighted by molar-refractivity contribution is 0.673. The first-order valence-electron chi connectivity index (χ1n) is 14.5. The minimum Gasteiger partial charge on any atom is -0.455 e. The first-order valence-corrected chi connectivity index (χ1v) is 14.5. The summed E-state index contributed by atoms with van der Waals surface area (Å²) in [6, 6.07) is 50.3. The molecule has 0 N–H and O–H groups in total. The standard InChI is InChI=1S/C40H23NO/c1-2-12-24(13-3-1)41-34-21-11-10-16-27(34)32-22-33-36(23-35(32)41)42-40-38(33)31-20-9-8-19-30(31)37-28-17-6-4-14-25(28)26-15-5-7-18-29(26)39(37)40/h1-23H. The maximum Gasteiger partial charge on any atom is 0.144 e. The van der Waals surface area contributed by atoms with Gasteiger partial charge in [-0.1, -0.05) is 109 Å². The molecule has 2 aromatic heterocycles. The zero-order valence-corrected chi connectivity index (χ0v) is 22.6. The Morgan fingerprint density at radius 3 is 1.57 bits per heavy atom. The molecule has 10 rings (SSSR count). The Morgan fingerprint density at radius 1 is 0.357 bits per heavy atom. The number of benzene rings is 8. The lowest BCUT2D eigenvalue weighted by Crippen LogP contribution is -1.92. The second-order valence-corrected chi connectivity index (χ2v) is 11.2. The highest BCUT2D eigenvalue weighted by Crippen LogP contribution is 2.47. The summed E-state index contributed by atoms with van der Waals surface area (Å²) in [5.41, 5.74) is 5.37. The molecule has 2 nitrogen and oxygen atoms in total. The van der Waals surface area contributed by atoms with E-state index in [1.807, 2.05) is 0 Å². The average molecular weight is 534 g/mol. The number of fused-ring (bicyclic) bond motifs is 16. The van der Waals surface area contributed by atoms with Crippen LogP contribution in [-0.2, 0) is 0 Å². The number of rotatable bonds is 1. The van der Waals surface area contributed by atoms with Gasteiger partial charge >= 0.3 is 0 Å². The Kier molecular flexibility index (Phi) is 4.21. The molecular weight excluding hydrogens is 510 g/mol. The molecule has 2 heteroatoms. The number of furan rings is 1. The summed E-state index contributed by atoms with van der Waals surface area (Å²) in [5.74, 6) is 0. The smallest absolute Gasteiger partial charge is 0.144 e. The van der Waals surface area contributed by atoms with Gasteiger partial charge in [-0.25, -0.2) is 0 Å². The molecule has 42 heavy (non-hydrogen) atoms. The van der Waals surface area contributed by atoms with Crippen molar-refractivity contribution >= 4 is 86.8 Å². The molecule has 8 aromatic carbocycles. The van der Waals surface area contributed by atoms with Gasteiger partial charge in [-0.15, -0.1) is 0 Å². The van der Waals surface area contributed by atoms with E-state index >= 15 is 0 Å². The first-order chi connectivity index (χ1) is 20.9. The van der Waals surface area contributed by atoms with Gasteiger partial charge in [0.05, 0.1) is 11.0 Å². The fourth-order valence-electron chi connectivity index (χ4n) is 7.43. The van der Waals surface area contributed by atoms with Gasteiger partial charge in [0.25, 0.3) is 0 Å². The van der Waals surface area contributed by atoms with Crippen LogP contribution >= 0.6 is 0 Å².